The topological polar surface area (TPSA) is 108 Å². The number of hydrogen-bond donors (Lipinski definition) is 2. The molecule has 0 saturated carbocycles. The fourth-order valence-corrected chi connectivity index (χ4v) is 4.58. The van der Waals surface area contributed by atoms with Gasteiger partial charge in [-0.15, -0.1) is 0 Å². The normalized spacial score (nSPS) is 17.5. The Labute approximate surface area is 208 Å². The number of aromatic nitrogens is 4. The molecule has 1 fully saturated rings. The second-order valence-electron chi connectivity index (χ2n) is 8.84. The largest absolute Gasteiger partial charge is 0.377 e. The number of nitrogens with one attached hydrogen (secondary N) is 2. The van der Waals surface area contributed by atoms with Crippen molar-refractivity contribution in [2.75, 3.05) is 48.0 Å². The van der Waals surface area contributed by atoms with Crippen LogP contribution in [0.5, 0.6) is 0 Å². The quantitative estimate of drug-likeness (QED) is 0.560. The molecule has 0 radical (unpaired) electrons. The first-order valence-electron chi connectivity index (χ1n) is 12.1. The van der Waals surface area contributed by atoms with Crippen LogP contribution < -0.4 is 20.4 Å². The van der Waals surface area contributed by atoms with Gasteiger partial charge in [-0.2, -0.15) is 0 Å². The van der Waals surface area contributed by atoms with Crippen LogP contribution in [0, 0.1) is 5.82 Å². The van der Waals surface area contributed by atoms with E-state index in [9.17, 15) is 9.18 Å². The van der Waals surface area contributed by atoms with Crippen LogP contribution in [-0.4, -0.2) is 64.9 Å². The van der Waals surface area contributed by atoms with E-state index in [4.69, 9.17) is 14.7 Å². The SMILES string of the molecule is CCNC(=O)Nc1ccc(-c2nc3c(c(N4CCOC[C@@H]4C)n2)CCN(c2ncncc2F)C3)cc1. The molecular weight excluding hydrogens is 463 g/mol. The Morgan fingerprint density at radius 2 is 2.03 bits per heavy atom. The predicted octanol–water partition coefficient (Wildman–Crippen LogP) is 3.00. The van der Waals surface area contributed by atoms with Gasteiger partial charge in [0.25, 0.3) is 0 Å². The van der Waals surface area contributed by atoms with E-state index >= 15 is 0 Å². The van der Waals surface area contributed by atoms with Gasteiger partial charge in [-0.25, -0.2) is 29.1 Å². The number of hydrogen-bond acceptors (Lipinski definition) is 8. The van der Waals surface area contributed by atoms with E-state index in [1.165, 1.54) is 12.5 Å². The van der Waals surface area contributed by atoms with Crippen molar-refractivity contribution >= 4 is 23.4 Å². The summed E-state index contributed by atoms with van der Waals surface area (Å²) >= 11 is 0. The number of amides is 2. The Bertz CT molecular complexity index is 1240. The fraction of sp³-hybridized carbons (Fsp3) is 0.400. The molecule has 0 bridgehead atoms. The lowest BCUT2D eigenvalue weighted by Gasteiger charge is -2.38. The van der Waals surface area contributed by atoms with Gasteiger partial charge in [-0.05, 0) is 44.5 Å². The maximum atomic E-state index is 14.4. The molecular formula is C25H29FN8O2. The number of rotatable bonds is 5. The Morgan fingerprint density at radius 1 is 1.19 bits per heavy atom. The number of halogens is 1. The van der Waals surface area contributed by atoms with Crippen LogP contribution in [-0.2, 0) is 17.7 Å². The molecule has 4 heterocycles. The number of carbonyl (C=O) groups is 1. The van der Waals surface area contributed by atoms with Crippen LogP contribution in [0.3, 0.4) is 0 Å². The lowest BCUT2D eigenvalue weighted by atomic mass is 10.0. The molecule has 0 aliphatic carbocycles. The van der Waals surface area contributed by atoms with E-state index < -0.39 is 5.82 Å². The lowest BCUT2D eigenvalue weighted by molar-refractivity contribution is 0.0984. The summed E-state index contributed by atoms with van der Waals surface area (Å²) in [6.45, 7) is 7.57. The van der Waals surface area contributed by atoms with E-state index in [0.717, 1.165) is 29.2 Å². The van der Waals surface area contributed by atoms with Crippen molar-refractivity contribution < 1.29 is 13.9 Å². The van der Waals surface area contributed by atoms with Crippen molar-refractivity contribution in [3.63, 3.8) is 0 Å². The average molecular weight is 493 g/mol. The molecule has 10 nitrogen and oxygen atoms in total. The lowest BCUT2D eigenvalue weighted by Crippen LogP contribution is -2.45. The van der Waals surface area contributed by atoms with Gasteiger partial charge >= 0.3 is 6.03 Å². The molecule has 3 aromatic rings. The van der Waals surface area contributed by atoms with Gasteiger partial charge in [0.1, 0.15) is 12.1 Å². The molecule has 1 atom stereocenters. The standard InChI is InChI=1S/C25H29FN8O2/c1-3-28-25(35)30-18-6-4-17(5-7-18)22-31-21-13-33(24-20(26)12-27-15-29-24)9-8-19(21)23(32-22)34-10-11-36-14-16(34)2/h4-7,12,15-16H,3,8-11,13-14H2,1-2H3,(H2,28,30,35)/t16-/m0/s1. The molecule has 0 unspecified atom stereocenters. The van der Waals surface area contributed by atoms with Crippen molar-refractivity contribution in [3.05, 3.63) is 53.9 Å². The van der Waals surface area contributed by atoms with Gasteiger partial charge in [-0.1, -0.05) is 0 Å². The summed E-state index contributed by atoms with van der Waals surface area (Å²) in [4.78, 5) is 33.9. The minimum Gasteiger partial charge on any atom is -0.377 e. The number of nitrogens with zero attached hydrogens (tertiary/aromatic N) is 6. The van der Waals surface area contributed by atoms with Crippen molar-refractivity contribution in [1.29, 1.82) is 0 Å². The smallest absolute Gasteiger partial charge is 0.319 e. The van der Waals surface area contributed by atoms with E-state index in [0.29, 0.717) is 50.8 Å². The highest BCUT2D eigenvalue weighted by Gasteiger charge is 2.30. The van der Waals surface area contributed by atoms with E-state index in [1.54, 1.807) is 0 Å². The molecule has 11 heteroatoms. The summed E-state index contributed by atoms with van der Waals surface area (Å²) in [5.74, 6) is 1.31. The molecule has 1 aromatic carbocycles. The zero-order valence-corrected chi connectivity index (χ0v) is 20.4. The Balaban J connectivity index is 1.51. The van der Waals surface area contributed by atoms with Gasteiger partial charge in [0.05, 0.1) is 37.7 Å². The van der Waals surface area contributed by atoms with Crippen LogP contribution in [0.2, 0.25) is 0 Å². The van der Waals surface area contributed by atoms with E-state index in [1.807, 2.05) is 36.1 Å². The summed E-state index contributed by atoms with van der Waals surface area (Å²) in [6, 6.07) is 7.35. The van der Waals surface area contributed by atoms with Crippen molar-refractivity contribution in [2.24, 2.45) is 0 Å². The van der Waals surface area contributed by atoms with Crippen LogP contribution >= 0.6 is 0 Å². The van der Waals surface area contributed by atoms with Crippen LogP contribution in [0.4, 0.5) is 26.5 Å². The monoisotopic (exact) mass is 492 g/mol. The van der Waals surface area contributed by atoms with Crippen LogP contribution in [0.1, 0.15) is 25.1 Å². The van der Waals surface area contributed by atoms with Crippen LogP contribution in [0.25, 0.3) is 11.4 Å². The molecule has 188 valence electrons. The summed E-state index contributed by atoms with van der Waals surface area (Å²) in [5, 5.41) is 5.52. The van der Waals surface area contributed by atoms with Gasteiger partial charge in [0, 0.05) is 36.4 Å². The maximum absolute atomic E-state index is 14.4. The summed E-state index contributed by atoms with van der Waals surface area (Å²) in [5.41, 5.74) is 3.43. The van der Waals surface area contributed by atoms with E-state index in [-0.39, 0.29) is 17.9 Å². The van der Waals surface area contributed by atoms with Gasteiger partial charge < -0.3 is 25.2 Å². The zero-order chi connectivity index (χ0) is 25.1. The molecule has 2 aromatic heterocycles. The summed E-state index contributed by atoms with van der Waals surface area (Å²) in [7, 11) is 0. The van der Waals surface area contributed by atoms with Gasteiger partial charge in [0.15, 0.2) is 17.5 Å². The number of ether oxygens (including phenoxy) is 1. The minimum atomic E-state index is -0.451. The van der Waals surface area contributed by atoms with E-state index in [2.05, 4.69) is 32.4 Å². The first kappa shape index (κ1) is 23.9. The molecule has 2 aliphatic rings. The average Bonchev–Trinajstić information content (AvgIpc) is 2.89. The Morgan fingerprint density at radius 3 is 2.78 bits per heavy atom. The summed E-state index contributed by atoms with van der Waals surface area (Å²) < 4.78 is 20.1. The number of morpholine rings is 1. The third-order valence-electron chi connectivity index (χ3n) is 6.37. The second-order valence-corrected chi connectivity index (χ2v) is 8.84. The molecule has 2 aliphatic heterocycles. The third-order valence-corrected chi connectivity index (χ3v) is 6.37. The predicted molar refractivity (Wildman–Crippen MR) is 135 cm³/mol. The van der Waals surface area contributed by atoms with Crippen molar-refractivity contribution in [3.8, 4) is 11.4 Å². The number of anilines is 3. The van der Waals surface area contributed by atoms with Gasteiger partial charge in [0.2, 0.25) is 0 Å². The fourth-order valence-electron chi connectivity index (χ4n) is 4.58. The number of carbonyl (C=O) groups excluding carboxylic acids is 1. The van der Waals surface area contributed by atoms with Crippen molar-refractivity contribution in [2.45, 2.75) is 32.9 Å². The Hall–Kier alpha value is -3.86. The number of benzene rings is 1. The summed E-state index contributed by atoms with van der Waals surface area (Å²) in [6.07, 6.45) is 3.21. The molecule has 2 N–H and O–H groups in total. The van der Waals surface area contributed by atoms with Crippen molar-refractivity contribution in [1.82, 2.24) is 25.3 Å². The highest BCUT2D eigenvalue weighted by Crippen LogP contribution is 2.33. The maximum Gasteiger partial charge on any atom is 0.319 e. The van der Waals surface area contributed by atoms with Crippen LogP contribution in [0.15, 0.2) is 36.8 Å². The first-order valence-corrected chi connectivity index (χ1v) is 12.1. The number of fused-ring (bicyclic) bond motifs is 1. The highest BCUT2D eigenvalue weighted by atomic mass is 19.1. The molecule has 0 spiro atoms. The first-order chi connectivity index (χ1) is 17.5. The molecule has 36 heavy (non-hydrogen) atoms. The van der Waals surface area contributed by atoms with Gasteiger partial charge in [-0.3, -0.25) is 0 Å². The minimum absolute atomic E-state index is 0.173. The molecule has 5 rings (SSSR count). The molecule has 2 amide bonds. The highest BCUT2D eigenvalue weighted by molar-refractivity contribution is 5.89. The Kier molecular flexibility index (Phi) is 6.90. The third kappa shape index (κ3) is 4.92. The number of urea groups is 1. The molecule has 1 saturated heterocycles. The zero-order valence-electron chi connectivity index (χ0n) is 20.4. The second kappa shape index (κ2) is 10.4.